The van der Waals surface area contributed by atoms with Crippen molar-refractivity contribution in [3.63, 3.8) is 0 Å². The summed E-state index contributed by atoms with van der Waals surface area (Å²) in [6, 6.07) is 5.75. The molecule has 1 saturated heterocycles. The number of alkyl halides is 3. The lowest BCUT2D eigenvalue weighted by atomic mass is 10.1. The van der Waals surface area contributed by atoms with Gasteiger partial charge in [-0.15, -0.1) is 0 Å². The Kier molecular flexibility index (Phi) is 7.16. The standard InChI is InChI=1S/C23H29F3N4O3/c1-5-33-21(32)18-15-27-30(19(18)23(24,25)26)17-9-7-16(8-10-17)20(31)28-11-6-12-29(14-13-28)22(2,3)4/h7-10,15H,5-6,11-14H2,1-4H3. The topological polar surface area (TPSA) is 67.7 Å². The average Bonchev–Trinajstić information content (AvgIpc) is 3.04. The lowest BCUT2D eigenvalue weighted by molar-refractivity contribution is -0.143. The van der Waals surface area contributed by atoms with E-state index < -0.39 is 23.4 Å². The van der Waals surface area contributed by atoms with E-state index in [0.29, 0.717) is 23.3 Å². The van der Waals surface area contributed by atoms with Crippen LogP contribution in [-0.2, 0) is 10.9 Å². The second-order valence-corrected chi connectivity index (χ2v) is 8.89. The van der Waals surface area contributed by atoms with Crippen LogP contribution in [0.1, 0.15) is 60.5 Å². The molecule has 0 aliphatic carbocycles. The molecule has 0 saturated carbocycles. The summed E-state index contributed by atoms with van der Waals surface area (Å²) in [6.45, 7) is 10.7. The van der Waals surface area contributed by atoms with Crippen LogP contribution in [0.5, 0.6) is 0 Å². The van der Waals surface area contributed by atoms with Gasteiger partial charge in [-0.2, -0.15) is 18.3 Å². The average molecular weight is 467 g/mol. The van der Waals surface area contributed by atoms with Crippen LogP contribution in [0.3, 0.4) is 0 Å². The van der Waals surface area contributed by atoms with Crippen molar-refractivity contribution in [3.8, 4) is 5.69 Å². The van der Waals surface area contributed by atoms with E-state index in [1.165, 1.54) is 31.2 Å². The molecule has 0 bridgehead atoms. The molecule has 1 amide bonds. The molecule has 2 heterocycles. The fraction of sp³-hybridized carbons (Fsp3) is 0.522. The fourth-order valence-corrected chi connectivity index (χ4v) is 3.89. The number of hydrogen-bond donors (Lipinski definition) is 0. The molecule has 0 N–H and O–H groups in total. The van der Waals surface area contributed by atoms with Crippen molar-refractivity contribution >= 4 is 11.9 Å². The Labute approximate surface area is 191 Å². The highest BCUT2D eigenvalue weighted by Crippen LogP contribution is 2.34. The third-order valence-corrected chi connectivity index (χ3v) is 5.62. The van der Waals surface area contributed by atoms with Crippen molar-refractivity contribution in [2.45, 2.75) is 45.8 Å². The molecule has 1 aliphatic rings. The molecule has 33 heavy (non-hydrogen) atoms. The number of ether oxygens (including phenoxy) is 1. The quantitative estimate of drug-likeness (QED) is 0.637. The van der Waals surface area contributed by atoms with E-state index in [1.54, 1.807) is 4.90 Å². The van der Waals surface area contributed by atoms with Crippen molar-refractivity contribution in [2.75, 3.05) is 32.8 Å². The van der Waals surface area contributed by atoms with Gasteiger partial charge in [0.25, 0.3) is 5.91 Å². The van der Waals surface area contributed by atoms with Crippen LogP contribution in [0.25, 0.3) is 5.69 Å². The van der Waals surface area contributed by atoms with Crippen molar-refractivity contribution in [3.05, 3.63) is 47.3 Å². The maximum absolute atomic E-state index is 13.7. The summed E-state index contributed by atoms with van der Waals surface area (Å²) in [6.07, 6.45) is -3.13. The first-order valence-electron chi connectivity index (χ1n) is 10.9. The highest BCUT2D eigenvalue weighted by Gasteiger charge is 2.41. The molecule has 180 valence electrons. The van der Waals surface area contributed by atoms with Gasteiger partial charge in [0.05, 0.1) is 18.5 Å². The number of nitrogens with zero attached hydrogens (tertiary/aromatic N) is 4. The maximum atomic E-state index is 13.7. The zero-order valence-corrected chi connectivity index (χ0v) is 19.3. The summed E-state index contributed by atoms with van der Waals surface area (Å²) in [7, 11) is 0. The van der Waals surface area contributed by atoms with Crippen LogP contribution in [0, 0.1) is 0 Å². The molecule has 0 atom stereocenters. The minimum atomic E-state index is -4.82. The first-order valence-corrected chi connectivity index (χ1v) is 10.9. The van der Waals surface area contributed by atoms with Gasteiger partial charge in [0.15, 0.2) is 5.69 Å². The predicted octanol–water partition coefficient (Wildman–Crippen LogP) is 4.01. The Morgan fingerprint density at radius 2 is 1.70 bits per heavy atom. The molecule has 0 unspecified atom stereocenters. The maximum Gasteiger partial charge on any atom is 0.434 e. The smallest absolute Gasteiger partial charge is 0.434 e. The molecule has 2 aromatic rings. The Morgan fingerprint density at radius 1 is 1.03 bits per heavy atom. The Hall–Kier alpha value is -2.88. The molecular formula is C23H29F3N4O3. The predicted molar refractivity (Wildman–Crippen MR) is 116 cm³/mol. The van der Waals surface area contributed by atoms with E-state index in [9.17, 15) is 22.8 Å². The Bertz CT molecular complexity index is 994. The van der Waals surface area contributed by atoms with Gasteiger partial charge in [0.1, 0.15) is 5.56 Å². The molecule has 10 heteroatoms. The minimum Gasteiger partial charge on any atom is -0.462 e. The number of amides is 1. The van der Waals surface area contributed by atoms with Crippen LogP contribution in [0.15, 0.2) is 30.5 Å². The van der Waals surface area contributed by atoms with Crippen LogP contribution in [0.4, 0.5) is 13.2 Å². The normalized spacial score (nSPS) is 15.9. The number of aromatic nitrogens is 2. The van der Waals surface area contributed by atoms with Gasteiger partial charge in [-0.25, -0.2) is 9.48 Å². The molecule has 0 radical (unpaired) electrons. The van der Waals surface area contributed by atoms with Crippen molar-refractivity contribution in [1.82, 2.24) is 19.6 Å². The highest BCUT2D eigenvalue weighted by atomic mass is 19.4. The van der Waals surface area contributed by atoms with Gasteiger partial charge >= 0.3 is 12.1 Å². The molecule has 1 aromatic carbocycles. The lowest BCUT2D eigenvalue weighted by Crippen LogP contribution is -2.44. The Morgan fingerprint density at radius 3 is 2.27 bits per heavy atom. The van der Waals surface area contributed by atoms with Gasteiger partial charge in [-0.1, -0.05) is 0 Å². The number of rotatable bonds is 4. The lowest BCUT2D eigenvalue weighted by Gasteiger charge is -2.34. The van der Waals surface area contributed by atoms with E-state index >= 15 is 0 Å². The summed E-state index contributed by atoms with van der Waals surface area (Å²) in [5.74, 6) is -1.26. The minimum absolute atomic E-state index is 0.0169. The third-order valence-electron chi connectivity index (χ3n) is 5.62. The molecule has 1 aromatic heterocycles. The summed E-state index contributed by atoms with van der Waals surface area (Å²) >= 11 is 0. The zero-order chi connectivity index (χ0) is 24.4. The van der Waals surface area contributed by atoms with Crippen LogP contribution in [0.2, 0.25) is 0 Å². The van der Waals surface area contributed by atoms with E-state index in [-0.39, 0.29) is 23.7 Å². The second kappa shape index (κ2) is 9.54. The van der Waals surface area contributed by atoms with Crippen molar-refractivity contribution in [1.29, 1.82) is 0 Å². The van der Waals surface area contributed by atoms with E-state index in [1.807, 2.05) is 0 Å². The monoisotopic (exact) mass is 466 g/mol. The first kappa shape index (κ1) is 24.8. The summed E-state index contributed by atoms with van der Waals surface area (Å²) in [5, 5.41) is 3.76. The van der Waals surface area contributed by atoms with Crippen molar-refractivity contribution < 1.29 is 27.5 Å². The molecular weight excluding hydrogens is 437 g/mol. The largest absolute Gasteiger partial charge is 0.462 e. The number of halogens is 3. The number of esters is 1. The Balaban J connectivity index is 1.82. The van der Waals surface area contributed by atoms with Gasteiger partial charge in [0, 0.05) is 37.3 Å². The number of carbonyl (C=O) groups is 2. The fourth-order valence-electron chi connectivity index (χ4n) is 3.89. The van der Waals surface area contributed by atoms with Gasteiger partial charge in [-0.05, 0) is 58.4 Å². The first-order chi connectivity index (χ1) is 15.4. The van der Waals surface area contributed by atoms with Crippen LogP contribution < -0.4 is 0 Å². The van der Waals surface area contributed by atoms with E-state index in [0.717, 1.165) is 25.7 Å². The summed E-state index contributed by atoms with van der Waals surface area (Å²) in [5.41, 5.74) is -1.38. The molecule has 1 fully saturated rings. The summed E-state index contributed by atoms with van der Waals surface area (Å²) in [4.78, 5) is 29.1. The van der Waals surface area contributed by atoms with Crippen LogP contribution >= 0.6 is 0 Å². The number of hydrogen-bond acceptors (Lipinski definition) is 5. The van der Waals surface area contributed by atoms with E-state index in [4.69, 9.17) is 4.74 Å². The molecule has 0 spiro atoms. The molecule has 3 rings (SSSR count). The molecule has 7 nitrogen and oxygen atoms in total. The van der Waals surface area contributed by atoms with E-state index in [2.05, 4.69) is 30.8 Å². The van der Waals surface area contributed by atoms with Gasteiger partial charge < -0.3 is 9.64 Å². The summed E-state index contributed by atoms with van der Waals surface area (Å²) < 4.78 is 46.5. The SMILES string of the molecule is CCOC(=O)c1cnn(-c2ccc(C(=O)N3CCCN(C(C)(C)C)CC3)cc2)c1C(F)(F)F. The second-order valence-electron chi connectivity index (χ2n) is 8.89. The highest BCUT2D eigenvalue weighted by molar-refractivity contribution is 5.94. The number of benzene rings is 1. The van der Waals surface area contributed by atoms with Crippen molar-refractivity contribution in [2.24, 2.45) is 0 Å². The van der Waals surface area contributed by atoms with Gasteiger partial charge in [-0.3, -0.25) is 9.69 Å². The van der Waals surface area contributed by atoms with Gasteiger partial charge in [0.2, 0.25) is 0 Å². The van der Waals surface area contributed by atoms with Crippen LogP contribution in [-0.4, -0.2) is 69.8 Å². The third kappa shape index (κ3) is 5.55. The number of carbonyl (C=O) groups excluding carboxylic acids is 2. The molecule has 1 aliphatic heterocycles. The zero-order valence-electron chi connectivity index (χ0n) is 19.3.